The van der Waals surface area contributed by atoms with Gasteiger partial charge in [0, 0.05) is 23.1 Å². The molecule has 0 radical (unpaired) electrons. The van der Waals surface area contributed by atoms with Gasteiger partial charge >= 0.3 is 0 Å². The van der Waals surface area contributed by atoms with E-state index in [0.29, 0.717) is 0 Å². The van der Waals surface area contributed by atoms with Crippen LogP contribution in [-0.4, -0.2) is 20.3 Å². The SMILES string of the molecule is COc1cc(OC)c(C2(C(C)N)CC2)cc1Br. The highest BCUT2D eigenvalue weighted by molar-refractivity contribution is 9.10. The second-order valence-electron chi connectivity index (χ2n) is 4.63. The van der Waals surface area contributed by atoms with Gasteiger partial charge in [-0.2, -0.15) is 0 Å². The van der Waals surface area contributed by atoms with Crippen molar-refractivity contribution < 1.29 is 9.47 Å². The molecule has 0 bridgehead atoms. The van der Waals surface area contributed by atoms with Crippen LogP contribution in [0.2, 0.25) is 0 Å². The Bertz CT molecular complexity index is 428. The van der Waals surface area contributed by atoms with Gasteiger partial charge in [0.15, 0.2) is 0 Å². The molecule has 0 amide bonds. The second kappa shape index (κ2) is 4.50. The van der Waals surface area contributed by atoms with Gasteiger partial charge in [0.25, 0.3) is 0 Å². The number of halogens is 1. The maximum atomic E-state index is 6.11. The Morgan fingerprint density at radius 2 is 1.82 bits per heavy atom. The zero-order valence-electron chi connectivity index (χ0n) is 10.4. The van der Waals surface area contributed by atoms with Gasteiger partial charge in [-0.3, -0.25) is 0 Å². The summed E-state index contributed by atoms with van der Waals surface area (Å²) in [5, 5.41) is 0. The van der Waals surface area contributed by atoms with Gasteiger partial charge in [-0.25, -0.2) is 0 Å². The minimum Gasteiger partial charge on any atom is -0.496 e. The molecule has 94 valence electrons. The van der Waals surface area contributed by atoms with Gasteiger partial charge in [0.2, 0.25) is 0 Å². The quantitative estimate of drug-likeness (QED) is 0.930. The molecule has 0 aromatic heterocycles. The molecule has 2 N–H and O–H groups in total. The van der Waals surface area contributed by atoms with E-state index in [4.69, 9.17) is 15.2 Å². The Morgan fingerprint density at radius 3 is 2.24 bits per heavy atom. The van der Waals surface area contributed by atoms with Crippen LogP contribution in [-0.2, 0) is 5.41 Å². The third-order valence-corrected chi connectivity index (χ3v) is 4.29. The average Bonchev–Trinajstić information content (AvgIpc) is 3.09. The minimum atomic E-state index is 0.0835. The van der Waals surface area contributed by atoms with Gasteiger partial charge < -0.3 is 15.2 Å². The van der Waals surface area contributed by atoms with Gasteiger partial charge in [-0.15, -0.1) is 0 Å². The second-order valence-corrected chi connectivity index (χ2v) is 5.49. The van der Waals surface area contributed by atoms with E-state index in [2.05, 4.69) is 28.9 Å². The molecule has 1 aliphatic rings. The Balaban J connectivity index is 2.50. The summed E-state index contributed by atoms with van der Waals surface area (Å²) in [6.45, 7) is 2.06. The van der Waals surface area contributed by atoms with Crippen molar-refractivity contribution >= 4 is 15.9 Å². The Labute approximate surface area is 110 Å². The van der Waals surface area contributed by atoms with Crippen molar-refractivity contribution in [2.24, 2.45) is 5.73 Å². The molecular weight excluding hydrogens is 282 g/mol. The maximum absolute atomic E-state index is 6.11. The monoisotopic (exact) mass is 299 g/mol. The zero-order valence-corrected chi connectivity index (χ0v) is 12.0. The molecule has 0 saturated heterocycles. The Morgan fingerprint density at radius 1 is 1.24 bits per heavy atom. The molecule has 0 heterocycles. The van der Waals surface area contributed by atoms with Crippen LogP contribution >= 0.6 is 15.9 Å². The van der Waals surface area contributed by atoms with Crippen LogP contribution in [0.25, 0.3) is 0 Å². The summed E-state index contributed by atoms with van der Waals surface area (Å²) in [6, 6.07) is 4.13. The predicted octanol–water partition coefficient (Wildman–Crippen LogP) is 2.85. The van der Waals surface area contributed by atoms with Crippen molar-refractivity contribution in [2.45, 2.75) is 31.2 Å². The predicted molar refractivity (Wildman–Crippen MR) is 71.8 cm³/mol. The molecule has 1 aromatic rings. The number of rotatable bonds is 4. The van der Waals surface area contributed by atoms with Crippen LogP contribution in [0.1, 0.15) is 25.3 Å². The summed E-state index contributed by atoms with van der Waals surface area (Å²) in [6.07, 6.45) is 2.25. The Hall–Kier alpha value is -0.740. The fourth-order valence-corrected chi connectivity index (χ4v) is 2.86. The van der Waals surface area contributed by atoms with Crippen molar-refractivity contribution in [3.8, 4) is 11.5 Å². The Kier molecular flexibility index (Phi) is 3.36. The number of ether oxygens (including phenoxy) is 2. The van der Waals surface area contributed by atoms with E-state index in [1.807, 2.05) is 6.07 Å². The third kappa shape index (κ3) is 2.04. The van der Waals surface area contributed by atoms with Crippen LogP contribution in [0.15, 0.2) is 16.6 Å². The molecule has 1 unspecified atom stereocenters. The van der Waals surface area contributed by atoms with Crippen molar-refractivity contribution in [3.63, 3.8) is 0 Å². The topological polar surface area (TPSA) is 44.5 Å². The molecule has 0 aliphatic heterocycles. The minimum absolute atomic E-state index is 0.0835. The number of benzene rings is 1. The summed E-state index contributed by atoms with van der Waals surface area (Å²) >= 11 is 3.52. The van der Waals surface area contributed by atoms with Crippen molar-refractivity contribution in [2.75, 3.05) is 14.2 Å². The first-order chi connectivity index (χ1) is 8.05. The summed E-state index contributed by atoms with van der Waals surface area (Å²) in [7, 11) is 3.33. The third-order valence-electron chi connectivity index (χ3n) is 3.67. The largest absolute Gasteiger partial charge is 0.496 e. The van der Waals surface area contributed by atoms with Crippen molar-refractivity contribution in [1.29, 1.82) is 0 Å². The van der Waals surface area contributed by atoms with Crippen LogP contribution in [0.4, 0.5) is 0 Å². The van der Waals surface area contributed by atoms with E-state index < -0.39 is 0 Å². The first kappa shape index (κ1) is 12.7. The molecule has 2 rings (SSSR count). The fourth-order valence-electron chi connectivity index (χ4n) is 2.35. The maximum Gasteiger partial charge on any atom is 0.136 e. The molecule has 1 saturated carbocycles. The van der Waals surface area contributed by atoms with Crippen LogP contribution < -0.4 is 15.2 Å². The lowest BCUT2D eigenvalue weighted by Gasteiger charge is -2.23. The number of hydrogen-bond acceptors (Lipinski definition) is 3. The van der Waals surface area contributed by atoms with E-state index in [1.165, 1.54) is 5.56 Å². The summed E-state index contributed by atoms with van der Waals surface area (Å²) < 4.78 is 11.7. The van der Waals surface area contributed by atoms with E-state index >= 15 is 0 Å². The summed E-state index contributed by atoms with van der Waals surface area (Å²) in [5.74, 6) is 1.64. The molecule has 4 heteroatoms. The van der Waals surface area contributed by atoms with Crippen LogP contribution in [0.3, 0.4) is 0 Å². The first-order valence-corrected chi connectivity index (χ1v) is 6.52. The molecule has 17 heavy (non-hydrogen) atoms. The van der Waals surface area contributed by atoms with E-state index in [9.17, 15) is 0 Å². The van der Waals surface area contributed by atoms with Gasteiger partial charge in [0.05, 0.1) is 18.7 Å². The number of nitrogens with two attached hydrogens (primary N) is 1. The highest BCUT2D eigenvalue weighted by Gasteiger charge is 2.49. The lowest BCUT2D eigenvalue weighted by Crippen LogP contribution is -2.31. The lowest BCUT2D eigenvalue weighted by molar-refractivity contribution is 0.382. The van der Waals surface area contributed by atoms with Gasteiger partial charge in [-0.05, 0) is 41.8 Å². The highest BCUT2D eigenvalue weighted by Crippen LogP contribution is 2.54. The van der Waals surface area contributed by atoms with Crippen LogP contribution in [0.5, 0.6) is 11.5 Å². The molecular formula is C13H18BrNO2. The van der Waals surface area contributed by atoms with E-state index in [1.54, 1.807) is 14.2 Å². The molecule has 1 atom stereocenters. The fraction of sp³-hybridized carbons (Fsp3) is 0.538. The van der Waals surface area contributed by atoms with Crippen LogP contribution in [0, 0.1) is 0 Å². The van der Waals surface area contributed by atoms with Crippen molar-refractivity contribution in [3.05, 3.63) is 22.2 Å². The van der Waals surface area contributed by atoms with Gasteiger partial charge in [-0.1, -0.05) is 0 Å². The number of methoxy groups -OCH3 is 2. The molecule has 3 nitrogen and oxygen atoms in total. The lowest BCUT2D eigenvalue weighted by atomic mass is 9.88. The van der Waals surface area contributed by atoms with E-state index in [-0.39, 0.29) is 11.5 Å². The smallest absolute Gasteiger partial charge is 0.136 e. The highest BCUT2D eigenvalue weighted by atomic mass is 79.9. The summed E-state index contributed by atoms with van der Waals surface area (Å²) in [4.78, 5) is 0. The first-order valence-electron chi connectivity index (χ1n) is 5.72. The van der Waals surface area contributed by atoms with E-state index in [0.717, 1.165) is 28.8 Å². The standard InChI is InChI=1S/C13H18BrNO2/c1-8(15)13(4-5-13)9-6-10(14)12(17-3)7-11(9)16-2/h6-8H,4-5,15H2,1-3H3. The number of hydrogen-bond donors (Lipinski definition) is 1. The van der Waals surface area contributed by atoms with Crippen molar-refractivity contribution in [1.82, 2.24) is 0 Å². The summed E-state index contributed by atoms with van der Waals surface area (Å²) in [5.41, 5.74) is 7.37. The van der Waals surface area contributed by atoms with Gasteiger partial charge in [0.1, 0.15) is 11.5 Å². The average molecular weight is 300 g/mol. The molecule has 1 aliphatic carbocycles. The zero-order chi connectivity index (χ0) is 12.6. The molecule has 0 spiro atoms. The molecule has 1 aromatic carbocycles. The molecule has 1 fully saturated rings. The normalized spacial score (nSPS) is 18.6.